The van der Waals surface area contributed by atoms with E-state index >= 15 is 4.39 Å². The molecule has 0 N–H and O–H groups in total. The van der Waals surface area contributed by atoms with Crippen LogP contribution in [0.15, 0.2) is 53.6 Å². The van der Waals surface area contributed by atoms with Gasteiger partial charge in [-0.1, -0.05) is 12.1 Å². The Morgan fingerprint density at radius 3 is 2.35 bits per heavy atom. The van der Waals surface area contributed by atoms with Crippen molar-refractivity contribution in [1.82, 2.24) is 28.8 Å². The summed E-state index contributed by atoms with van der Waals surface area (Å²) in [6.07, 6.45) is 3.37. The summed E-state index contributed by atoms with van der Waals surface area (Å²) in [5, 5.41) is 0.0723. The van der Waals surface area contributed by atoms with Crippen molar-refractivity contribution in [3.05, 3.63) is 70.4 Å². The second kappa shape index (κ2) is 9.56. The van der Waals surface area contributed by atoms with Gasteiger partial charge in [-0.05, 0) is 24.3 Å². The molecule has 0 atom stereocenters. The van der Waals surface area contributed by atoms with E-state index in [0.717, 1.165) is 11.0 Å². The highest BCUT2D eigenvalue weighted by Gasteiger charge is 2.31. The predicted molar refractivity (Wildman–Crippen MR) is 149 cm³/mol. The molecular formula is C28H27FN8O3. The SMILES string of the molecule is Cn1c2ccccc2n2c3nc(N4CCOCC4)c(F)cc3c(=O)c(C(=O)N3CCN(c4ncccn4)CC3)c12. The Hall–Kier alpha value is -4.58. The van der Waals surface area contributed by atoms with Crippen molar-refractivity contribution in [3.63, 3.8) is 0 Å². The predicted octanol–water partition coefficient (Wildman–Crippen LogP) is 2.07. The number of piperazine rings is 1. The number of imidazole rings is 1. The van der Waals surface area contributed by atoms with Crippen LogP contribution in [0.2, 0.25) is 0 Å². The number of pyridine rings is 2. The molecule has 2 fully saturated rings. The monoisotopic (exact) mass is 542 g/mol. The molecular weight excluding hydrogens is 515 g/mol. The molecule has 4 aromatic heterocycles. The number of fused-ring (bicyclic) bond motifs is 5. The lowest BCUT2D eigenvalue weighted by Gasteiger charge is -2.34. The number of para-hydroxylation sites is 2. The van der Waals surface area contributed by atoms with Crippen LogP contribution in [0.25, 0.3) is 27.7 Å². The summed E-state index contributed by atoms with van der Waals surface area (Å²) in [5.74, 6) is -0.201. The number of hydrogen-bond acceptors (Lipinski definition) is 8. The van der Waals surface area contributed by atoms with Crippen molar-refractivity contribution in [2.24, 2.45) is 7.05 Å². The highest BCUT2D eigenvalue weighted by atomic mass is 19.1. The number of hydrogen-bond donors (Lipinski definition) is 0. The molecule has 6 heterocycles. The highest BCUT2D eigenvalue weighted by molar-refractivity contribution is 6.06. The number of carbonyl (C=O) groups excluding carboxylic acids is 1. The zero-order valence-electron chi connectivity index (χ0n) is 22.0. The van der Waals surface area contributed by atoms with Crippen LogP contribution >= 0.6 is 0 Å². The van der Waals surface area contributed by atoms with E-state index in [1.807, 2.05) is 50.1 Å². The average molecular weight is 543 g/mol. The average Bonchev–Trinajstić information content (AvgIpc) is 3.30. The van der Waals surface area contributed by atoms with E-state index in [4.69, 9.17) is 9.72 Å². The molecule has 12 heteroatoms. The first-order chi connectivity index (χ1) is 19.5. The van der Waals surface area contributed by atoms with Crippen molar-refractivity contribution in [1.29, 1.82) is 0 Å². The van der Waals surface area contributed by atoms with Gasteiger partial charge in [-0.15, -0.1) is 0 Å². The summed E-state index contributed by atoms with van der Waals surface area (Å²) in [6.45, 7) is 3.80. The first-order valence-electron chi connectivity index (χ1n) is 13.3. The van der Waals surface area contributed by atoms with E-state index in [-0.39, 0.29) is 22.7 Å². The molecule has 11 nitrogen and oxygen atoms in total. The van der Waals surface area contributed by atoms with Crippen molar-refractivity contribution in [2.45, 2.75) is 0 Å². The van der Waals surface area contributed by atoms with Crippen LogP contribution < -0.4 is 15.2 Å². The number of benzene rings is 1. The molecule has 204 valence electrons. The number of morpholine rings is 1. The number of amides is 1. The standard InChI is InChI=1S/C28H27FN8O3/c1-33-20-5-2-3-6-21(20)37-24-18(17-19(29)25(32-24)34-13-15-40-16-14-34)23(38)22(26(33)37)27(39)35-9-11-36(12-10-35)28-30-7-4-8-31-28/h2-8,17H,9-16H2,1H3. The smallest absolute Gasteiger partial charge is 0.261 e. The maximum Gasteiger partial charge on any atom is 0.261 e. The third-order valence-corrected chi connectivity index (χ3v) is 7.78. The number of ether oxygens (including phenoxy) is 1. The van der Waals surface area contributed by atoms with Gasteiger partial charge in [0, 0.05) is 58.7 Å². The quantitative estimate of drug-likeness (QED) is 0.342. The summed E-state index contributed by atoms with van der Waals surface area (Å²) in [6, 6.07) is 10.6. The minimum atomic E-state index is -0.596. The Bertz CT molecular complexity index is 1820. The molecule has 0 unspecified atom stereocenters. The van der Waals surface area contributed by atoms with Crippen LogP contribution in [0.4, 0.5) is 16.2 Å². The second-order valence-corrected chi connectivity index (χ2v) is 10.0. The van der Waals surface area contributed by atoms with Gasteiger partial charge in [0.05, 0.1) is 29.6 Å². The summed E-state index contributed by atoms with van der Waals surface area (Å²) < 4.78 is 24.6. The van der Waals surface area contributed by atoms with Gasteiger partial charge in [0.15, 0.2) is 17.3 Å². The van der Waals surface area contributed by atoms with Gasteiger partial charge >= 0.3 is 0 Å². The summed E-state index contributed by atoms with van der Waals surface area (Å²) >= 11 is 0. The number of rotatable bonds is 3. The largest absolute Gasteiger partial charge is 0.378 e. The van der Waals surface area contributed by atoms with Crippen LogP contribution in [0, 0.1) is 5.82 Å². The van der Waals surface area contributed by atoms with Crippen molar-refractivity contribution in [3.8, 4) is 0 Å². The van der Waals surface area contributed by atoms with Crippen LogP contribution in [-0.4, -0.2) is 87.2 Å². The minimum absolute atomic E-state index is 0.0101. The van der Waals surface area contributed by atoms with Gasteiger partial charge in [0.2, 0.25) is 11.4 Å². The Labute approximate surface area is 228 Å². The van der Waals surface area contributed by atoms with E-state index in [9.17, 15) is 9.59 Å². The molecule has 40 heavy (non-hydrogen) atoms. The Kier molecular flexibility index (Phi) is 5.84. The maximum absolute atomic E-state index is 15.5. The molecule has 1 aromatic carbocycles. The Balaban J connectivity index is 1.39. The molecule has 0 saturated carbocycles. The lowest BCUT2D eigenvalue weighted by Crippen LogP contribution is -2.50. The molecule has 2 aliphatic rings. The van der Waals surface area contributed by atoms with E-state index in [1.54, 1.807) is 23.4 Å². The van der Waals surface area contributed by atoms with Crippen LogP contribution in [0.1, 0.15) is 10.4 Å². The van der Waals surface area contributed by atoms with Crippen molar-refractivity contribution in [2.75, 3.05) is 62.3 Å². The number of aryl methyl sites for hydroxylation is 1. The first kappa shape index (κ1) is 24.5. The Morgan fingerprint density at radius 2 is 1.62 bits per heavy atom. The summed E-state index contributed by atoms with van der Waals surface area (Å²) in [5.41, 5.74) is 1.84. The van der Waals surface area contributed by atoms with E-state index in [1.165, 1.54) is 6.07 Å². The van der Waals surface area contributed by atoms with Crippen molar-refractivity contribution >= 4 is 45.4 Å². The van der Waals surface area contributed by atoms with Gasteiger partial charge < -0.3 is 24.0 Å². The molecule has 1 amide bonds. The lowest BCUT2D eigenvalue weighted by atomic mass is 10.1. The van der Waals surface area contributed by atoms with Gasteiger partial charge in [0.1, 0.15) is 11.2 Å². The fourth-order valence-corrected chi connectivity index (χ4v) is 5.76. The van der Waals surface area contributed by atoms with Crippen LogP contribution in [0.5, 0.6) is 0 Å². The normalized spacial score (nSPS) is 16.4. The topological polar surface area (TPSA) is 101 Å². The molecule has 2 aliphatic heterocycles. The van der Waals surface area contributed by atoms with E-state index in [0.29, 0.717) is 69.7 Å². The lowest BCUT2D eigenvalue weighted by molar-refractivity contribution is 0.0746. The van der Waals surface area contributed by atoms with E-state index < -0.39 is 11.2 Å². The molecule has 0 radical (unpaired) electrons. The molecule has 2 saturated heterocycles. The number of nitrogens with zero attached hydrogens (tertiary/aromatic N) is 8. The molecule has 5 aromatic rings. The number of halogens is 1. The highest BCUT2D eigenvalue weighted by Crippen LogP contribution is 2.29. The number of anilines is 2. The van der Waals surface area contributed by atoms with E-state index in [2.05, 4.69) is 9.97 Å². The minimum Gasteiger partial charge on any atom is -0.378 e. The van der Waals surface area contributed by atoms with Crippen molar-refractivity contribution < 1.29 is 13.9 Å². The Morgan fingerprint density at radius 1 is 0.925 bits per heavy atom. The fraction of sp³-hybridized carbons (Fsp3) is 0.321. The molecule has 7 rings (SSSR count). The van der Waals surface area contributed by atoms with Gasteiger partial charge in [-0.25, -0.2) is 19.3 Å². The molecule has 0 spiro atoms. The third-order valence-electron chi connectivity index (χ3n) is 7.78. The second-order valence-electron chi connectivity index (χ2n) is 10.0. The molecule has 0 aliphatic carbocycles. The third kappa shape index (κ3) is 3.78. The zero-order valence-corrected chi connectivity index (χ0v) is 22.0. The summed E-state index contributed by atoms with van der Waals surface area (Å²) in [4.78, 5) is 46.9. The van der Waals surface area contributed by atoms with Crippen LogP contribution in [-0.2, 0) is 11.8 Å². The summed E-state index contributed by atoms with van der Waals surface area (Å²) in [7, 11) is 1.83. The molecule has 0 bridgehead atoms. The zero-order chi connectivity index (χ0) is 27.4. The van der Waals surface area contributed by atoms with Gasteiger partial charge in [-0.2, -0.15) is 0 Å². The fourth-order valence-electron chi connectivity index (χ4n) is 5.76. The number of carbonyl (C=O) groups is 1. The van der Waals surface area contributed by atoms with Crippen LogP contribution in [0.3, 0.4) is 0 Å². The van der Waals surface area contributed by atoms with Gasteiger partial charge in [-0.3, -0.25) is 14.0 Å². The first-order valence-corrected chi connectivity index (χ1v) is 13.3. The maximum atomic E-state index is 15.5. The number of aromatic nitrogens is 5. The van der Waals surface area contributed by atoms with Gasteiger partial charge in [0.25, 0.3) is 5.91 Å².